The molecule has 0 atom stereocenters. The van der Waals surface area contributed by atoms with Gasteiger partial charge in [0.05, 0.1) is 23.3 Å². The molecule has 0 aliphatic heterocycles. The van der Waals surface area contributed by atoms with Crippen LogP contribution in [0.15, 0.2) is 60.2 Å². The van der Waals surface area contributed by atoms with E-state index in [-0.39, 0.29) is 5.91 Å². The van der Waals surface area contributed by atoms with Gasteiger partial charge in [0, 0.05) is 11.8 Å². The van der Waals surface area contributed by atoms with E-state index in [1.165, 1.54) is 33.6 Å². The van der Waals surface area contributed by atoms with Crippen molar-refractivity contribution >= 4 is 22.9 Å². The Balaban J connectivity index is 1.35. The Morgan fingerprint density at radius 2 is 1.81 bits per heavy atom. The molecule has 4 aromatic rings. The molecule has 0 spiro atoms. The van der Waals surface area contributed by atoms with Gasteiger partial charge in [-0.05, 0) is 67.5 Å². The summed E-state index contributed by atoms with van der Waals surface area (Å²) in [6.45, 7) is 9.38. The minimum atomic E-state index is -0.140. The number of anilines is 1. The Bertz CT molecular complexity index is 1240. The fraction of sp³-hybridized carbons (Fsp3) is 0.231. The van der Waals surface area contributed by atoms with E-state index in [2.05, 4.69) is 74.5 Å². The SMILES string of the molecule is Cc1ccc(Cn2cc(NC(=O)c3cc(COc4cc(C)cc(C)c4C)cs3)cn2)cc1. The molecule has 5 nitrogen and oxygen atoms in total. The van der Waals surface area contributed by atoms with Crippen LogP contribution in [0.5, 0.6) is 5.75 Å². The highest BCUT2D eigenvalue weighted by molar-refractivity contribution is 7.12. The van der Waals surface area contributed by atoms with Gasteiger partial charge >= 0.3 is 0 Å². The number of aryl methyl sites for hydroxylation is 3. The lowest BCUT2D eigenvalue weighted by molar-refractivity contribution is 0.103. The van der Waals surface area contributed by atoms with Crippen LogP contribution in [0.25, 0.3) is 0 Å². The van der Waals surface area contributed by atoms with Crippen LogP contribution in [-0.2, 0) is 13.2 Å². The van der Waals surface area contributed by atoms with Gasteiger partial charge in [0.1, 0.15) is 12.4 Å². The Morgan fingerprint density at radius 1 is 1.03 bits per heavy atom. The van der Waals surface area contributed by atoms with Gasteiger partial charge in [0.2, 0.25) is 0 Å². The normalized spacial score (nSPS) is 10.9. The monoisotopic (exact) mass is 445 g/mol. The maximum Gasteiger partial charge on any atom is 0.265 e. The third-order valence-electron chi connectivity index (χ3n) is 5.39. The number of hydrogen-bond donors (Lipinski definition) is 1. The predicted octanol–water partition coefficient (Wildman–Crippen LogP) is 6.06. The van der Waals surface area contributed by atoms with Crippen LogP contribution >= 0.6 is 11.3 Å². The number of benzene rings is 2. The van der Waals surface area contributed by atoms with Gasteiger partial charge in [-0.25, -0.2) is 0 Å². The first kappa shape index (κ1) is 21.8. The number of carbonyl (C=O) groups is 1. The highest BCUT2D eigenvalue weighted by Crippen LogP contribution is 2.25. The molecule has 2 aromatic heterocycles. The number of carbonyl (C=O) groups excluding carboxylic acids is 1. The predicted molar refractivity (Wildman–Crippen MR) is 130 cm³/mol. The number of thiophene rings is 1. The van der Waals surface area contributed by atoms with Crippen molar-refractivity contribution < 1.29 is 9.53 Å². The van der Waals surface area contributed by atoms with Gasteiger partial charge in [-0.15, -0.1) is 11.3 Å². The summed E-state index contributed by atoms with van der Waals surface area (Å²) in [5.74, 6) is 0.749. The van der Waals surface area contributed by atoms with E-state index in [0.717, 1.165) is 16.9 Å². The highest BCUT2D eigenvalue weighted by Gasteiger charge is 2.12. The number of amides is 1. The van der Waals surface area contributed by atoms with E-state index < -0.39 is 0 Å². The zero-order valence-corrected chi connectivity index (χ0v) is 19.6. The fourth-order valence-corrected chi connectivity index (χ4v) is 4.26. The van der Waals surface area contributed by atoms with Gasteiger partial charge in [-0.1, -0.05) is 35.9 Å². The van der Waals surface area contributed by atoms with Crippen molar-refractivity contribution in [3.63, 3.8) is 0 Å². The Labute approximate surface area is 192 Å². The van der Waals surface area contributed by atoms with Crippen LogP contribution < -0.4 is 10.1 Å². The maximum atomic E-state index is 12.7. The van der Waals surface area contributed by atoms with Crippen LogP contribution in [0.2, 0.25) is 0 Å². The third kappa shape index (κ3) is 5.26. The molecule has 0 aliphatic carbocycles. The maximum absolute atomic E-state index is 12.7. The number of nitrogens with one attached hydrogen (secondary N) is 1. The summed E-state index contributed by atoms with van der Waals surface area (Å²) in [7, 11) is 0. The number of hydrogen-bond acceptors (Lipinski definition) is 4. The van der Waals surface area contributed by atoms with Crippen LogP contribution in [0.1, 0.15) is 43.1 Å². The summed E-state index contributed by atoms with van der Waals surface area (Å²) in [5.41, 5.74) is 7.59. The molecule has 0 saturated heterocycles. The first-order chi connectivity index (χ1) is 15.4. The number of aromatic nitrogens is 2. The van der Waals surface area contributed by atoms with Crippen molar-refractivity contribution in [3.8, 4) is 5.75 Å². The second-order valence-electron chi connectivity index (χ2n) is 8.18. The molecule has 164 valence electrons. The molecule has 2 heterocycles. The van der Waals surface area contributed by atoms with Crippen molar-refractivity contribution in [2.24, 2.45) is 0 Å². The van der Waals surface area contributed by atoms with E-state index in [1.807, 2.05) is 22.3 Å². The van der Waals surface area contributed by atoms with Crippen molar-refractivity contribution in [1.29, 1.82) is 0 Å². The van der Waals surface area contributed by atoms with E-state index in [9.17, 15) is 4.79 Å². The molecule has 1 amide bonds. The minimum Gasteiger partial charge on any atom is -0.489 e. The molecule has 0 radical (unpaired) electrons. The first-order valence-corrected chi connectivity index (χ1v) is 11.4. The van der Waals surface area contributed by atoms with Gasteiger partial charge in [0.15, 0.2) is 0 Å². The Kier molecular flexibility index (Phi) is 6.42. The van der Waals surface area contributed by atoms with Crippen LogP contribution in [0.4, 0.5) is 5.69 Å². The number of ether oxygens (including phenoxy) is 1. The summed E-state index contributed by atoms with van der Waals surface area (Å²) in [6, 6.07) is 14.4. The zero-order chi connectivity index (χ0) is 22.7. The Morgan fingerprint density at radius 3 is 2.59 bits per heavy atom. The lowest BCUT2D eigenvalue weighted by Crippen LogP contribution is -2.09. The molecule has 0 aliphatic rings. The third-order valence-corrected chi connectivity index (χ3v) is 6.37. The second kappa shape index (κ2) is 9.40. The van der Waals surface area contributed by atoms with E-state index in [1.54, 1.807) is 6.20 Å². The number of nitrogens with zero attached hydrogens (tertiary/aromatic N) is 2. The smallest absolute Gasteiger partial charge is 0.265 e. The van der Waals surface area contributed by atoms with Crippen LogP contribution in [-0.4, -0.2) is 15.7 Å². The van der Waals surface area contributed by atoms with E-state index in [4.69, 9.17) is 4.74 Å². The van der Waals surface area contributed by atoms with Gasteiger partial charge in [-0.3, -0.25) is 9.48 Å². The van der Waals surface area contributed by atoms with Crippen LogP contribution in [0, 0.1) is 27.7 Å². The molecule has 0 bridgehead atoms. The molecular formula is C26H27N3O2S. The summed E-state index contributed by atoms with van der Waals surface area (Å²) >= 11 is 1.41. The second-order valence-corrected chi connectivity index (χ2v) is 9.09. The Hall–Kier alpha value is -3.38. The lowest BCUT2D eigenvalue weighted by atomic mass is 10.1. The molecule has 0 saturated carbocycles. The van der Waals surface area contributed by atoms with Crippen molar-refractivity contribution in [1.82, 2.24) is 9.78 Å². The highest BCUT2D eigenvalue weighted by atomic mass is 32.1. The molecule has 2 aromatic carbocycles. The quantitative estimate of drug-likeness (QED) is 0.376. The molecule has 32 heavy (non-hydrogen) atoms. The first-order valence-electron chi connectivity index (χ1n) is 10.5. The number of rotatable bonds is 7. The van der Waals surface area contributed by atoms with Gasteiger partial charge in [-0.2, -0.15) is 5.10 Å². The molecule has 0 fully saturated rings. The van der Waals surface area contributed by atoms with Gasteiger partial charge in [0.25, 0.3) is 5.91 Å². The van der Waals surface area contributed by atoms with E-state index in [0.29, 0.717) is 23.7 Å². The van der Waals surface area contributed by atoms with Gasteiger partial charge < -0.3 is 10.1 Å². The van der Waals surface area contributed by atoms with Crippen LogP contribution in [0.3, 0.4) is 0 Å². The van der Waals surface area contributed by atoms with Crippen molar-refractivity contribution in [2.45, 2.75) is 40.8 Å². The largest absolute Gasteiger partial charge is 0.489 e. The molecule has 6 heteroatoms. The molecule has 0 unspecified atom stereocenters. The van der Waals surface area contributed by atoms with E-state index >= 15 is 0 Å². The zero-order valence-electron chi connectivity index (χ0n) is 18.8. The molecular weight excluding hydrogens is 418 g/mol. The average Bonchev–Trinajstić information content (AvgIpc) is 3.41. The summed E-state index contributed by atoms with van der Waals surface area (Å²) in [6.07, 6.45) is 3.52. The summed E-state index contributed by atoms with van der Waals surface area (Å²) < 4.78 is 7.84. The minimum absolute atomic E-state index is 0.140. The molecule has 4 rings (SSSR count). The summed E-state index contributed by atoms with van der Waals surface area (Å²) in [5, 5.41) is 9.25. The van der Waals surface area contributed by atoms with Crippen molar-refractivity contribution in [2.75, 3.05) is 5.32 Å². The lowest BCUT2D eigenvalue weighted by Gasteiger charge is -2.11. The topological polar surface area (TPSA) is 56.2 Å². The average molecular weight is 446 g/mol. The van der Waals surface area contributed by atoms with Crippen molar-refractivity contribution in [3.05, 3.63) is 98.5 Å². The fourth-order valence-electron chi connectivity index (χ4n) is 3.47. The standard InChI is InChI=1S/C26H27N3O2S/c1-17-5-7-21(8-6-17)13-29-14-23(12-27-29)28-26(30)25-11-22(16-32-25)15-31-24-10-18(2)9-19(3)20(24)4/h5-12,14,16H,13,15H2,1-4H3,(H,28,30). The molecule has 1 N–H and O–H groups in total. The summed E-state index contributed by atoms with van der Waals surface area (Å²) in [4.78, 5) is 13.3.